The molecule has 3 nitrogen and oxygen atoms in total. The van der Waals surface area contributed by atoms with E-state index in [0.717, 1.165) is 5.56 Å². The first-order valence-electron chi connectivity index (χ1n) is 5.54. The number of carbonyl (C=O) groups excluding carboxylic acids is 1. The van der Waals surface area contributed by atoms with E-state index in [9.17, 15) is 4.79 Å². The summed E-state index contributed by atoms with van der Waals surface area (Å²) in [4.78, 5) is 14.6. The zero-order chi connectivity index (χ0) is 12.3. The average Bonchev–Trinajstić information content (AvgIpc) is 2.87. The molecule has 0 aliphatic heterocycles. The van der Waals surface area contributed by atoms with Crippen molar-refractivity contribution in [3.63, 3.8) is 0 Å². The molecule has 0 saturated carbocycles. The number of benzene rings is 1. The number of nitrogens with one attached hydrogen (secondary N) is 1. The number of hydrogen-bond donors (Lipinski definition) is 1. The minimum atomic E-state index is -0.302. The summed E-state index contributed by atoms with van der Waals surface area (Å²) in [5.41, 5.74) is 2.74. The van der Waals surface area contributed by atoms with Gasteiger partial charge in [-0.3, -0.25) is 0 Å². The first-order valence-corrected chi connectivity index (χ1v) is 5.54. The van der Waals surface area contributed by atoms with Gasteiger partial charge in [0.05, 0.1) is 12.7 Å². The van der Waals surface area contributed by atoms with Crippen LogP contribution in [0.3, 0.4) is 0 Å². The largest absolute Gasteiger partial charge is 0.465 e. The van der Waals surface area contributed by atoms with Crippen LogP contribution in [0.1, 0.15) is 34.3 Å². The first-order chi connectivity index (χ1) is 8.24. The molecule has 0 bridgehead atoms. The molecule has 0 aliphatic carbocycles. The summed E-state index contributed by atoms with van der Waals surface area (Å²) in [5.74, 6) is -0.138. The highest BCUT2D eigenvalue weighted by Gasteiger charge is 2.18. The Morgan fingerprint density at radius 2 is 1.94 bits per heavy atom. The van der Waals surface area contributed by atoms with Gasteiger partial charge in [-0.1, -0.05) is 37.3 Å². The summed E-state index contributed by atoms with van der Waals surface area (Å²) >= 11 is 0. The van der Waals surface area contributed by atoms with Crippen LogP contribution in [0.2, 0.25) is 0 Å². The predicted octanol–water partition coefficient (Wildman–Crippen LogP) is 2.95. The first kappa shape index (κ1) is 11.5. The van der Waals surface area contributed by atoms with Crippen molar-refractivity contribution >= 4 is 5.97 Å². The van der Waals surface area contributed by atoms with Gasteiger partial charge in [0.1, 0.15) is 0 Å². The Morgan fingerprint density at radius 1 is 1.24 bits per heavy atom. The Labute approximate surface area is 100 Å². The number of ether oxygens (including phenoxy) is 1. The van der Waals surface area contributed by atoms with Crippen LogP contribution in [0.25, 0.3) is 0 Å². The van der Waals surface area contributed by atoms with Gasteiger partial charge in [0.2, 0.25) is 0 Å². The van der Waals surface area contributed by atoms with Crippen molar-refractivity contribution in [3.8, 4) is 0 Å². The van der Waals surface area contributed by atoms with E-state index >= 15 is 0 Å². The maximum absolute atomic E-state index is 11.6. The number of hydrogen-bond acceptors (Lipinski definition) is 2. The van der Waals surface area contributed by atoms with E-state index in [0.29, 0.717) is 5.56 Å². The molecule has 3 heteroatoms. The summed E-state index contributed by atoms with van der Waals surface area (Å²) in [6.45, 7) is 2.07. The molecular formula is C14H15NO2. The highest BCUT2D eigenvalue weighted by atomic mass is 16.5. The third kappa shape index (κ3) is 2.23. The van der Waals surface area contributed by atoms with Crippen molar-refractivity contribution in [2.24, 2.45) is 0 Å². The van der Waals surface area contributed by atoms with Gasteiger partial charge < -0.3 is 9.72 Å². The molecular weight excluding hydrogens is 214 g/mol. The highest BCUT2D eigenvalue weighted by Crippen LogP contribution is 2.26. The normalized spacial score (nSPS) is 12.1. The van der Waals surface area contributed by atoms with E-state index in [1.165, 1.54) is 12.7 Å². The topological polar surface area (TPSA) is 42.1 Å². The van der Waals surface area contributed by atoms with E-state index in [1.807, 2.05) is 24.4 Å². The van der Waals surface area contributed by atoms with Gasteiger partial charge in [-0.15, -0.1) is 0 Å². The lowest BCUT2D eigenvalue weighted by Crippen LogP contribution is -2.05. The van der Waals surface area contributed by atoms with E-state index in [1.54, 1.807) is 6.20 Å². The number of aromatic nitrogens is 1. The van der Waals surface area contributed by atoms with Crippen molar-refractivity contribution < 1.29 is 9.53 Å². The standard InChI is InChI=1S/C14H15NO2/c1-10(11-6-4-3-5-7-11)12-8-15-9-13(12)14(16)17-2/h3-10,15H,1-2H3/t10-/m1/s1. The fourth-order valence-electron chi connectivity index (χ4n) is 1.94. The summed E-state index contributed by atoms with van der Waals surface area (Å²) in [6, 6.07) is 10.1. The lowest BCUT2D eigenvalue weighted by Gasteiger charge is -2.12. The van der Waals surface area contributed by atoms with Crippen LogP contribution in [0.15, 0.2) is 42.7 Å². The lowest BCUT2D eigenvalue weighted by molar-refractivity contribution is 0.0599. The van der Waals surface area contributed by atoms with Crippen LogP contribution in [-0.2, 0) is 4.74 Å². The van der Waals surface area contributed by atoms with Gasteiger partial charge in [-0.2, -0.15) is 0 Å². The molecule has 1 aromatic carbocycles. The molecule has 88 valence electrons. The molecule has 0 fully saturated rings. The monoisotopic (exact) mass is 229 g/mol. The second-order valence-electron chi connectivity index (χ2n) is 3.95. The van der Waals surface area contributed by atoms with Gasteiger partial charge in [-0.25, -0.2) is 4.79 Å². The van der Waals surface area contributed by atoms with Crippen molar-refractivity contribution in [1.29, 1.82) is 0 Å². The smallest absolute Gasteiger partial charge is 0.339 e. The van der Waals surface area contributed by atoms with Crippen LogP contribution in [0.4, 0.5) is 0 Å². The van der Waals surface area contributed by atoms with Gasteiger partial charge in [0.25, 0.3) is 0 Å². The number of H-pyrrole nitrogens is 1. The Kier molecular flexibility index (Phi) is 3.28. The zero-order valence-electron chi connectivity index (χ0n) is 9.94. The van der Waals surface area contributed by atoms with E-state index in [2.05, 4.69) is 24.0 Å². The summed E-state index contributed by atoms with van der Waals surface area (Å²) in [5, 5.41) is 0. The number of aromatic amines is 1. The second kappa shape index (κ2) is 4.87. The van der Waals surface area contributed by atoms with Gasteiger partial charge in [0.15, 0.2) is 0 Å². The van der Waals surface area contributed by atoms with Crippen molar-refractivity contribution in [2.75, 3.05) is 7.11 Å². The summed E-state index contributed by atoms with van der Waals surface area (Å²) in [7, 11) is 1.40. The fraction of sp³-hybridized carbons (Fsp3) is 0.214. The van der Waals surface area contributed by atoms with Crippen LogP contribution >= 0.6 is 0 Å². The fourth-order valence-corrected chi connectivity index (χ4v) is 1.94. The number of esters is 1. The van der Waals surface area contributed by atoms with Crippen LogP contribution < -0.4 is 0 Å². The molecule has 2 aromatic rings. The molecule has 0 unspecified atom stereocenters. The Balaban J connectivity index is 2.35. The summed E-state index contributed by atoms with van der Waals surface area (Å²) < 4.78 is 4.76. The van der Waals surface area contributed by atoms with Crippen molar-refractivity contribution in [2.45, 2.75) is 12.8 Å². The molecule has 17 heavy (non-hydrogen) atoms. The molecule has 1 aromatic heterocycles. The van der Waals surface area contributed by atoms with E-state index in [-0.39, 0.29) is 11.9 Å². The number of methoxy groups -OCH3 is 1. The minimum Gasteiger partial charge on any atom is -0.465 e. The Bertz CT molecular complexity index is 502. The SMILES string of the molecule is COC(=O)c1c[nH]cc1[C@H](C)c1ccccc1. The van der Waals surface area contributed by atoms with Crippen LogP contribution in [0.5, 0.6) is 0 Å². The molecule has 0 amide bonds. The van der Waals surface area contributed by atoms with Gasteiger partial charge >= 0.3 is 5.97 Å². The molecule has 1 atom stereocenters. The second-order valence-corrected chi connectivity index (χ2v) is 3.95. The Hall–Kier alpha value is -2.03. The third-order valence-electron chi connectivity index (χ3n) is 2.95. The number of rotatable bonds is 3. The Morgan fingerprint density at radius 3 is 2.59 bits per heavy atom. The quantitative estimate of drug-likeness (QED) is 0.822. The molecule has 0 saturated heterocycles. The van der Waals surface area contributed by atoms with Gasteiger partial charge in [-0.05, 0) is 11.1 Å². The minimum absolute atomic E-state index is 0.163. The van der Waals surface area contributed by atoms with Crippen molar-refractivity contribution in [3.05, 3.63) is 59.4 Å². The third-order valence-corrected chi connectivity index (χ3v) is 2.95. The van der Waals surface area contributed by atoms with Gasteiger partial charge in [0, 0.05) is 18.3 Å². The van der Waals surface area contributed by atoms with E-state index in [4.69, 9.17) is 4.74 Å². The van der Waals surface area contributed by atoms with Crippen molar-refractivity contribution in [1.82, 2.24) is 4.98 Å². The lowest BCUT2D eigenvalue weighted by atomic mass is 9.92. The molecule has 0 spiro atoms. The molecule has 1 N–H and O–H groups in total. The van der Waals surface area contributed by atoms with E-state index < -0.39 is 0 Å². The maximum Gasteiger partial charge on any atom is 0.339 e. The zero-order valence-corrected chi connectivity index (χ0v) is 9.94. The highest BCUT2D eigenvalue weighted by molar-refractivity contribution is 5.91. The average molecular weight is 229 g/mol. The molecule has 1 heterocycles. The predicted molar refractivity (Wildman–Crippen MR) is 66.1 cm³/mol. The molecule has 2 rings (SSSR count). The van der Waals surface area contributed by atoms with Crippen LogP contribution in [0, 0.1) is 0 Å². The number of carbonyl (C=O) groups is 1. The maximum atomic E-state index is 11.6. The molecule has 0 radical (unpaired) electrons. The van der Waals surface area contributed by atoms with Crippen LogP contribution in [-0.4, -0.2) is 18.1 Å². The summed E-state index contributed by atoms with van der Waals surface area (Å²) in [6.07, 6.45) is 3.53. The molecule has 0 aliphatic rings.